The quantitative estimate of drug-likeness (QED) is 0.783. The summed E-state index contributed by atoms with van der Waals surface area (Å²) in [5.41, 5.74) is 1.06. The number of hydrogen-bond acceptors (Lipinski definition) is 6. The number of thiazole rings is 1. The summed E-state index contributed by atoms with van der Waals surface area (Å²) in [5, 5.41) is 3.95. The number of rotatable bonds is 7. The van der Waals surface area contributed by atoms with Crippen LogP contribution in [0, 0.1) is 13.8 Å². The van der Waals surface area contributed by atoms with Gasteiger partial charge in [-0.25, -0.2) is 13.4 Å². The standard InChI is InChI=1S/C15H25N3O3S2/c1-11-12(2)22-15(17-11)4-7-16-14(19)5-8-18(3)13-6-9-23(20,21)10-13/h13H,4-10H2,1-3H3,(H,16,19)/t13-/m0/s1. The molecule has 1 fully saturated rings. The number of carbonyl (C=O) groups excluding carboxylic acids is 1. The normalized spacial score (nSPS) is 20.1. The van der Waals surface area contributed by atoms with Gasteiger partial charge in [0.15, 0.2) is 9.84 Å². The molecule has 0 aromatic carbocycles. The van der Waals surface area contributed by atoms with Crippen molar-refractivity contribution in [3.05, 3.63) is 15.6 Å². The molecule has 23 heavy (non-hydrogen) atoms. The van der Waals surface area contributed by atoms with E-state index >= 15 is 0 Å². The molecule has 1 aromatic rings. The summed E-state index contributed by atoms with van der Waals surface area (Å²) >= 11 is 1.67. The molecule has 0 spiro atoms. The lowest BCUT2D eigenvalue weighted by molar-refractivity contribution is -0.121. The molecule has 8 heteroatoms. The maximum absolute atomic E-state index is 11.9. The van der Waals surface area contributed by atoms with Gasteiger partial charge in [0.25, 0.3) is 0 Å². The number of nitrogens with one attached hydrogen (secondary N) is 1. The minimum atomic E-state index is -2.87. The van der Waals surface area contributed by atoms with E-state index in [0.29, 0.717) is 25.9 Å². The maximum Gasteiger partial charge on any atom is 0.221 e. The minimum Gasteiger partial charge on any atom is -0.356 e. The Bertz CT molecular complexity index is 635. The molecule has 1 aromatic heterocycles. The van der Waals surface area contributed by atoms with Gasteiger partial charge in [-0.3, -0.25) is 4.79 Å². The van der Waals surface area contributed by atoms with Gasteiger partial charge in [-0.1, -0.05) is 0 Å². The number of amides is 1. The van der Waals surface area contributed by atoms with Crippen molar-refractivity contribution in [2.24, 2.45) is 0 Å². The van der Waals surface area contributed by atoms with Crippen LogP contribution in [0.15, 0.2) is 0 Å². The Labute approximate surface area is 142 Å². The molecule has 1 aliphatic rings. The fourth-order valence-corrected chi connectivity index (χ4v) is 5.37. The van der Waals surface area contributed by atoms with Gasteiger partial charge in [-0.2, -0.15) is 0 Å². The number of nitrogens with zero attached hydrogens (tertiary/aromatic N) is 2. The molecule has 0 radical (unpaired) electrons. The Morgan fingerprint density at radius 2 is 2.17 bits per heavy atom. The van der Waals surface area contributed by atoms with Gasteiger partial charge in [0.2, 0.25) is 5.91 Å². The summed E-state index contributed by atoms with van der Waals surface area (Å²) in [7, 11) is -0.985. The van der Waals surface area contributed by atoms with E-state index in [-0.39, 0.29) is 23.5 Å². The molecule has 2 rings (SSSR count). The third-order valence-corrected chi connectivity index (χ3v) is 7.14. The van der Waals surface area contributed by atoms with Crippen LogP contribution in [0.25, 0.3) is 0 Å². The van der Waals surface area contributed by atoms with Crippen molar-refractivity contribution < 1.29 is 13.2 Å². The van der Waals surface area contributed by atoms with Crippen molar-refractivity contribution in [2.45, 2.75) is 39.2 Å². The second-order valence-electron chi connectivity index (χ2n) is 6.14. The van der Waals surface area contributed by atoms with E-state index in [4.69, 9.17) is 0 Å². The summed E-state index contributed by atoms with van der Waals surface area (Å²) in [6, 6.07) is 0.0501. The van der Waals surface area contributed by atoms with E-state index < -0.39 is 9.84 Å². The summed E-state index contributed by atoms with van der Waals surface area (Å²) in [5.74, 6) is 0.483. The minimum absolute atomic E-state index is 0.00250. The molecule has 0 bridgehead atoms. The summed E-state index contributed by atoms with van der Waals surface area (Å²) < 4.78 is 22.9. The van der Waals surface area contributed by atoms with Crippen LogP contribution >= 0.6 is 11.3 Å². The SMILES string of the molecule is Cc1nc(CCNC(=O)CCN(C)[C@H]2CCS(=O)(=O)C2)sc1C. The largest absolute Gasteiger partial charge is 0.356 e. The van der Waals surface area contributed by atoms with Gasteiger partial charge in [0.05, 0.1) is 22.2 Å². The van der Waals surface area contributed by atoms with Crippen LogP contribution in [0.1, 0.15) is 28.4 Å². The Hall–Kier alpha value is -0.990. The maximum atomic E-state index is 11.9. The Morgan fingerprint density at radius 1 is 1.43 bits per heavy atom. The topological polar surface area (TPSA) is 79.4 Å². The average Bonchev–Trinajstić information content (AvgIpc) is 2.99. The number of aromatic nitrogens is 1. The highest BCUT2D eigenvalue weighted by Crippen LogP contribution is 2.17. The number of aryl methyl sites for hydroxylation is 2. The monoisotopic (exact) mass is 359 g/mol. The first-order chi connectivity index (χ1) is 10.8. The molecule has 0 unspecified atom stereocenters. The van der Waals surface area contributed by atoms with E-state index in [2.05, 4.69) is 10.3 Å². The molecule has 1 amide bonds. The number of hydrogen-bond donors (Lipinski definition) is 1. The molecule has 130 valence electrons. The predicted octanol–water partition coefficient (Wildman–Crippen LogP) is 0.928. The Kier molecular flexibility index (Phi) is 6.16. The van der Waals surface area contributed by atoms with Gasteiger partial charge in [0, 0.05) is 36.9 Å². The zero-order valence-electron chi connectivity index (χ0n) is 14.0. The summed E-state index contributed by atoms with van der Waals surface area (Å²) in [6.07, 6.45) is 1.81. The van der Waals surface area contributed by atoms with E-state index in [9.17, 15) is 13.2 Å². The predicted molar refractivity (Wildman–Crippen MR) is 92.6 cm³/mol. The van der Waals surface area contributed by atoms with Crippen LogP contribution in [-0.4, -0.2) is 61.9 Å². The molecule has 1 N–H and O–H groups in total. The van der Waals surface area contributed by atoms with Gasteiger partial charge in [-0.15, -0.1) is 11.3 Å². The van der Waals surface area contributed by atoms with Gasteiger partial charge >= 0.3 is 0 Å². The first-order valence-corrected chi connectivity index (χ1v) is 10.5. The van der Waals surface area contributed by atoms with E-state index in [1.165, 1.54) is 4.88 Å². The molecular formula is C15H25N3O3S2. The van der Waals surface area contributed by atoms with Crippen molar-refractivity contribution in [3.63, 3.8) is 0 Å². The van der Waals surface area contributed by atoms with Gasteiger partial charge in [0.1, 0.15) is 0 Å². The lowest BCUT2D eigenvalue weighted by Gasteiger charge is -2.22. The molecular weight excluding hydrogens is 334 g/mol. The number of sulfone groups is 1. The third kappa shape index (κ3) is 5.54. The van der Waals surface area contributed by atoms with Crippen LogP contribution in [0.4, 0.5) is 0 Å². The molecule has 6 nitrogen and oxygen atoms in total. The first kappa shape index (κ1) is 18.4. The van der Waals surface area contributed by atoms with Crippen molar-refractivity contribution in [1.82, 2.24) is 15.2 Å². The lowest BCUT2D eigenvalue weighted by Crippen LogP contribution is -2.36. The number of carbonyl (C=O) groups is 1. The molecule has 0 aliphatic carbocycles. The second kappa shape index (κ2) is 7.72. The van der Waals surface area contributed by atoms with Crippen LogP contribution in [0.3, 0.4) is 0 Å². The Morgan fingerprint density at radius 3 is 2.74 bits per heavy atom. The summed E-state index contributed by atoms with van der Waals surface area (Å²) in [4.78, 5) is 19.5. The fraction of sp³-hybridized carbons (Fsp3) is 0.733. The highest BCUT2D eigenvalue weighted by atomic mass is 32.2. The third-order valence-electron chi connectivity index (χ3n) is 4.26. The van der Waals surface area contributed by atoms with Gasteiger partial charge in [-0.05, 0) is 27.3 Å². The molecule has 1 aliphatic heterocycles. The van der Waals surface area contributed by atoms with Crippen LogP contribution in [0.5, 0.6) is 0 Å². The second-order valence-corrected chi connectivity index (χ2v) is 9.65. The molecule has 1 atom stereocenters. The average molecular weight is 360 g/mol. The fourth-order valence-electron chi connectivity index (χ4n) is 2.63. The highest BCUT2D eigenvalue weighted by molar-refractivity contribution is 7.91. The Balaban J connectivity index is 1.65. The highest BCUT2D eigenvalue weighted by Gasteiger charge is 2.30. The van der Waals surface area contributed by atoms with Crippen molar-refractivity contribution in [2.75, 3.05) is 31.6 Å². The smallest absolute Gasteiger partial charge is 0.221 e. The van der Waals surface area contributed by atoms with Gasteiger partial charge < -0.3 is 10.2 Å². The molecule has 2 heterocycles. The van der Waals surface area contributed by atoms with E-state index in [0.717, 1.165) is 17.1 Å². The van der Waals surface area contributed by atoms with Crippen molar-refractivity contribution in [3.8, 4) is 0 Å². The van der Waals surface area contributed by atoms with Crippen LogP contribution in [0.2, 0.25) is 0 Å². The first-order valence-electron chi connectivity index (χ1n) is 7.87. The molecule has 0 saturated carbocycles. The van der Waals surface area contributed by atoms with Crippen LogP contribution < -0.4 is 5.32 Å². The van der Waals surface area contributed by atoms with E-state index in [1.54, 1.807) is 11.3 Å². The van der Waals surface area contributed by atoms with Crippen molar-refractivity contribution in [1.29, 1.82) is 0 Å². The van der Waals surface area contributed by atoms with Crippen LogP contribution in [-0.2, 0) is 21.1 Å². The van der Waals surface area contributed by atoms with E-state index in [1.807, 2.05) is 25.8 Å². The zero-order valence-corrected chi connectivity index (χ0v) is 15.6. The molecule has 1 saturated heterocycles. The lowest BCUT2D eigenvalue weighted by atomic mass is 10.2. The van der Waals surface area contributed by atoms with Crippen molar-refractivity contribution >= 4 is 27.1 Å². The summed E-state index contributed by atoms with van der Waals surface area (Å²) in [6.45, 7) is 5.22. The zero-order chi connectivity index (χ0) is 17.0.